The predicted molar refractivity (Wildman–Crippen MR) is 118 cm³/mol. The average molecular weight is 464 g/mol. The van der Waals surface area contributed by atoms with E-state index in [1.807, 2.05) is 13.0 Å². The Hall–Kier alpha value is -4.45. The van der Waals surface area contributed by atoms with E-state index in [1.165, 1.54) is 24.3 Å². The fourth-order valence-corrected chi connectivity index (χ4v) is 3.72. The van der Waals surface area contributed by atoms with Crippen molar-refractivity contribution in [2.24, 2.45) is 0 Å². The number of phenols is 2. The number of nitrogens with one attached hydrogen (secondary N) is 1. The lowest BCUT2D eigenvalue weighted by molar-refractivity contribution is 0.0966. The van der Waals surface area contributed by atoms with Crippen LogP contribution in [-0.4, -0.2) is 28.4 Å². The van der Waals surface area contributed by atoms with E-state index in [4.69, 9.17) is 10.00 Å². The number of ether oxygens (including phenoxy) is 1. The molecule has 0 saturated carbocycles. The number of hydrogen-bond acceptors (Lipinski definition) is 7. The molecule has 0 aromatic heterocycles. The molecule has 172 valence electrons. The Balaban J connectivity index is 1.94. The quantitative estimate of drug-likeness (QED) is 0.273. The van der Waals surface area contributed by atoms with Crippen LogP contribution in [0.5, 0.6) is 17.2 Å². The molecule has 1 aliphatic rings. The number of phenolic OH excluding ortho intramolecular Hbond substituents is 2. The number of fused-ring (bicyclic) bond motifs is 2. The van der Waals surface area contributed by atoms with Gasteiger partial charge in [0.05, 0.1) is 40.5 Å². The van der Waals surface area contributed by atoms with Crippen LogP contribution in [0.15, 0.2) is 36.4 Å². The van der Waals surface area contributed by atoms with Gasteiger partial charge in [-0.3, -0.25) is 9.59 Å². The lowest BCUT2D eigenvalue weighted by Crippen LogP contribution is -2.25. The van der Waals surface area contributed by atoms with Crippen molar-refractivity contribution >= 4 is 22.9 Å². The summed E-state index contributed by atoms with van der Waals surface area (Å²) in [7, 11) is 0. The minimum atomic E-state index is -1.27. The average Bonchev–Trinajstić information content (AvgIpc) is 2.83. The molecule has 1 aliphatic carbocycles. The van der Waals surface area contributed by atoms with Crippen molar-refractivity contribution in [1.29, 1.82) is 5.26 Å². The van der Waals surface area contributed by atoms with Crippen molar-refractivity contribution in [2.75, 3.05) is 11.9 Å². The van der Waals surface area contributed by atoms with Gasteiger partial charge in [0.25, 0.3) is 0 Å². The predicted octanol–water partition coefficient (Wildman–Crippen LogP) is 4.95. The van der Waals surface area contributed by atoms with Crippen LogP contribution in [0.4, 0.5) is 20.2 Å². The first-order valence-corrected chi connectivity index (χ1v) is 10.4. The first kappa shape index (κ1) is 22.7. The molecule has 0 fully saturated rings. The molecule has 34 heavy (non-hydrogen) atoms. The summed E-state index contributed by atoms with van der Waals surface area (Å²) in [5, 5.41) is 31.9. The van der Waals surface area contributed by atoms with Crippen molar-refractivity contribution in [1.82, 2.24) is 0 Å². The highest BCUT2D eigenvalue weighted by Gasteiger charge is 2.41. The number of hydrogen-bond donors (Lipinski definition) is 3. The molecule has 3 aromatic rings. The molecular weight excluding hydrogens is 446 g/mol. The van der Waals surface area contributed by atoms with Gasteiger partial charge in [0.15, 0.2) is 17.4 Å². The summed E-state index contributed by atoms with van der Waals surface area (Å²) in [4.78, 5) is 26.2. The Labute approximate surface area is 192 Å². The number of carbonyl (C=O) groups is 2. The van der Waals surface area contributed by atoms with Crippen LogP contribution >= 0.6 is 0 Å². The van der Waals surface area contributed by atoms with Gasteiger partial charge in [-0.05, 0) is 42.8 Å². The number of halogens is 2. The molecule has 7 nitrogen and oxygen atoms in total. The molecule has 3 N–H and O–H groups in total. The highest BCUT2D eigenvalue weighted by molar-refractivity contribution is 6.31. The smallest absolute Gasteiger partial charge is 0.201 e. The summed E-state index contributed by atoms with van der Waals surface area (Å²) < 4.78 is 37.0. The summed E-state index contributed by atoms with van der Waals surface area (Å²) in [6, 6.07) is 9.73. The van der Waals surface area contributed by atoms with E-state index < -0.39 is 68.4 Å². The van der Waals surface area contributed by atoms with Crippen molar-refractivity contribution < 1.29 is 33.3 Å². The van der Waals surface area contributed by atoms with Crippen LogP contribution in [0, 0.1) is 23.0 Å². The van der Waals surface area contributed by atoms with Gasteiger partial charge in [0, 0.05) is 5.69 Å². The maximum absolute atomic E-state index is 15.8. The molecule has 0 saturated heterocycles. The van der Waals surface area contributed by atoms with Gasteiger partial charge in [-0.2, -0.15) is 5.26 Å². The fraction of sp³-hybridized carbons (Fsp3) is 0.160. The molecule has 0 heterocycles. The van der Waals surface area contributed by atoms with Crippen molar-refractivity contribution in [3.63, 3.8) is 0 Å². The van der Waals surface area contributed by atoms with Gasteiger partial charge in [0.2, 0.25) is 11.6 Å². The van der Waals surface area contributed by atoms with Crippen LogP contribution < -0.4 is 10.1 Å². The topological polar surface area (TPSA) is 120 Å². The number of benzene rings is 3. The second-order valence-corrected chi connectivity index (χ2v) is 7.61. The van der Waals surface area contributed by atoms with E-state index in [-0.39, 0.29) is 12.3 Å². The third-order valence-corrected chi connectivity index (χ3v) is 5.43. The standard InChI is InChI=1S/C25H18F2N2O5/c1-2-3-10-34-25-21(27)19-18(20(26)22(25)29-13-6-4-12(11-28)5-7-13)23(32)16-14(30)8-9-15(31)17(16)24(19)33/h4-9,29-31H,2-3,10H2,1H3. The Morgan fingerprint density at radius 3 is 2.00 bits per heavy atom. The molecule has 0 unspecified atom stereocenters. The molecule has 0 atom stereocenters. The number of nitrogens with zero attached hydrogens (tertiary/aromatic N) is 1. The van der Waals surface area contributed by atoms with E-state index in [9.17, 15) is 19.8 Å². The summed E-state index contributed by atoms with van der Waals surface area (Å²) in [6.07, 6.45) is 1.21. The van der Waals surface area contributed by atoms with E-state index in [2.05, 4.69) is 5.32 Å². The largest absolute Gasteiger partial charge is 0.507 e. The van der Waals surface area contributed by atoms with Gasteiger partial charge in [0.1, 0.15) is 17.2 Å². The SMILES string of the molecule is CCCCOc1c(F)c2c(c(F)c1Nc1ccc(C#N)cc1)C(=O)c1c(O)ccc(O)c1C2=O. The zero-order valence-electron chi connectivity index (χ0n) is 17.9. The zero-order valence-corrected chi connectivity index (χ0v) is 17.9. The minimum Gasteiger partial charge on any atom is -0.507 e. The maximum Gasteiger partial charge on any atom is 0.201 e. The zero-order chi connectivity index (χ0) is 24.6. The summed E-state index contributed by atoms with van der Waals surface area (Å²) >= 11 is 0. The Morgan fingerprint density at radius 2 is 1.47 bits per heavy atom. The molecule has 0 amide bonds. The van der Waals surface area contributed by atoms with Gasteiger partial charge in [-0.25, -0.2) is 8.78 Å². The van der Waals surface area contributed by atoms with E-state index in [1.54, 1.807) is 0 Å². The fourth-order valence-electron chi connectivity index (χ4n) is 3.72. The first-order valence-electron chi connectivity index (χ1n) is 10.4. The molecular formula is C25H18F2N2O5. The normalized spacial score (nSPS) is 12.1. The van der Waals surface area contributed by atoms with Gasteiger partial charge in [-0.15, -0.1) is 0 Å². The van der Waals surface area contributed by atoms with E-state index >= 15 is 8.78 Å². The maximum atomic E-state index is 15.8. The molecule has 4 rings (SSSR count). The van der Waals surface area contributed by atoms with Crippen LogP contribution in [0.25, 0.3) is 0 Å². The number of ketones is 2. The van der Waals surface area contributed by atoms with Crippen LogP contribution in [0.3, 0.4) is 0 Å². The third kappa shape index (κ3) is 3.59. The van der Waals surface area contributed by atoms with Crippen LogP contribution in [0.1, 0.15) is 57.2 Å². The number of aromatic hydroxyl groups is 2. The van der Waals surface area contributed by atoms with Crippen molar-refractivity contribution in [2.45, 2.75) is 19.8 Å². The monoisotopic (exact) mass is 464 g/mol. The van der Waals surface area contributed by atoms with Gasteiger partial charge >= 0.3 is 0 Å². The highest BCUT2D eigenvalue weighted by Crippen LogP contribution is 2.45. The van der Waals surface area contributed by atoms with Gasteiger partial charge < -0.3 is 20.3 Å². The Morgan fingerprint density at radius 1 is 0.912 bits per heavy atom. The number of anilines is 2. The molecule has 3 aromatic carbocycles. The molecule has 9 heteroatoms. The Bertz CT molecular complexity index is 1380. The Kier molecular flexibility index (Phi) is 5.90. The third-order valence-electron chi connectivity index (χ3n) is 5.43. The number of rotatable bonds is 6. The second kappa shape index (κ2) is 8.83. The lowest BCUT2D eigenvalue weighted by Gasteiger charge is -2.24. The minimum absolute atomic E-state index is 0.0124. The summed E-state index contributed by atoms with van der Waals surface area (Å²) in [5.74, 6) is -6.73. The van der Waals surface area contributed by atoms with E-state index in [0.29, 0.717) is 18.4 Å². The molecule has 0 radical (unpaired) electrons. The molecule has 0 aliphatic heterocycles. The van der Waals surface area contributed by atoms with E-state index in [0.717, 1.165) is 12.1 Å². The molecule has 0 bridgehead atoms. The number of unbranched alkanes of at least 4 members (excludes halogenated alkanes) is 1. The highest BCUT2D eigenvalue weighted by atomic mass is 19.1. The number of carbonyl (C=O) groups excluding carboxylic acids is 2. The molecule has 0 spiro atoms. The second-order valence-electron chi connectivity index (χ2n) is 7.61. The van der Waals surface area contributed by atoms with Gasteiger partial charge in [-0.1, -0.05) is 13.3 Å². The van der Waals surface area contributed by atoms with Crippen LogP contribution in [0.2, 0.25) is 0 Å². The van der Waals surface area contributed by atoms with Crippen molar-refractivity contribution in [3.05, 3.63) is 75.8 Å². The van der Waals surface area contributed by atoms with Crippen LogP contribution in [-0.2, 0) is 0 Å². The number of nitriles is 1. The lowest BCUT2D eigenvalue weighted by atomic mass is 9.82. The summed E-state index contributed by atoms with van der Waals surface area (Å²) in [5.41, 5.74) is -2.88. The summed E-state index contributed by atoms with van der Waals surface area (Å²) in [6.45, 7) is 1.88. The van der Waals surface area contributed by atoms with Crippen molar-refractivity contribution in [3.8, 4) is 23.3 Å². The first-order chi connectivity index (χ1) is 16.3.